The highest BCUT2D eigenvalue weighted by molar-refractivity contribution is 5.88. The summed E-state index contributed by atoms with van der Waals surface area (Å²) in [6.07, 6.45) is 2.02. The first-order chi connectivity index (χ1) is 13.8. The number of nitrogens with one attached hydrogen (secondary N) is 1. The van der Waals surface area contributed by atoms with Crippen molar-refractivity contribution in [2.45, 2.75) is 59.5 Å². The minimum Gasteiger partial charge on any atom is -0.354 e. The number of carbonyl (C=O) groups excluding carboxylic acids is 2. The molecule has 0 saturated heterocycles. The van der Waals surface area contributed by atoms with Gasteiger partial charge in [0.1, 0.15) is 11.9 Å². The van der Waals surface area contributed by atoms with E-state index in [1.54, 1.807) is 25.1 Å². The average molecular weight is 399 g/mol. The molecule has 0 saturated carbocycles. The molecule has 4 nitrogen and oxygen atoms in total. The second kappa shape index (κ2) is 10.7. The SMILES string of the molecule is CCCCNC(=O)C(C)N(Cc1ccccc1F)C(=O)Cc1cc(C)ccc1C. The van der Waals surface area contributed by atoms with Crippen molar-refractivity contribution in [1.82, 2.24) is 10.2 Å². The van der Waals surface area contributed by atoms with E-state index in [1.807, 2.05) is 39.0 Å². The maximum absolute atomic E-state index is 14.2. The van der Waals surface area contributed by atoms with Gasteiger partial charge in [-0.2, -0.15) is 0 Å². The van der Waals surface area contributed by atoms with E-state index in [-0.39, 0.29) is 30.6 Å². The highest BCUT2D eigenvalue weighted by Gasteiger charge is 2.27. The van der Waals surface area contributed by atoms with Crippen LogP contribution in [-0.2, 0) is 22.6 Å². The molecule has 2 aromatic carbocycles. The molecule has 0 heterocycles. The van der Waals surface area contributed by atoms with E-state index < -0.39 is 6.04 Å². The number of nitrogens with zero attached hydrogens (tertiary/aromatic N) is 1. The van der Waals surface area contributed by atoms with Crippen LogP contribution in [0.25, 0.3) is 0 Å². The molecule has 156 valence electrons. The lowest BCUT2D eigenvalue weighted by Crippen LogP contribution is -2.48. The van der Waals surface area contributed by atoms with E-state index in [0.29, 0.717) is 12.1 Å². The molecule has 1 unspecified atom stereocenters. The molecule has 2 aromatic rings. The minimum atomic E-state index is -0.691. The summed E-state index contributed by atoms with van der Waals surface area (Å²) < 4.78 is 14.2. The summed E-state index contributed by atoms with van der Waals surface area (Å²) in [5.74, 6) is -0.792. The predicted molar refractivity (Wildman–Crippen MR) is 114 cm³/mol. The molecule has 0 aliphatic heterocycles. The van der Waals surface area contributed by atoms with Crippen molar-refractivity contribution in [2.75, 3.05) is 6.54 Å². The Kier molecular flexibility index (Phi) is 8.37. The van der Waals surface area contributed by atoms with Crippen LogP contribution in [0.4, 0.5) is 4.39 Å². The number of aryl methyl sites for hydroxylation is 2. The summed E-state index contributed by atoms with van der Waals surface area (Å²) in [5.41, 5.74) is 3.42. The molecule has 0 spiro atoms. The molecule has 0 bridgehead atoms. The lowest BCUT2D eigenvalue weighted by Gasteiger charge is -2.29. The fourth-order valence-corrected chi connectivity index (χ4v) is 3.18. The van der Waals surface area contributed by atoms with E-state index >= 15 is 0 Å². The highest BCUT2D eigenvalue weighted by Crippen LogP contribution is 2.17. The van der Waals surface area contributed by atoms with Crippen LogP contribution < -0.4 is 5.32 Å². The minimum absolute atomic E-state index is 0.0543. The number of rotatable bonds is 9. The summed E-state index contributed by atoms with van der Waals surface area (Å²) in [5, 5.41) is 2.88. The summed E-state index contributed by atoms with van der Waals surface area (Å²) in [6.45, 7) is 8.31. The summed E-state index contributed by atoms with van der Waals surface area (Å²) in [4.78, 5) is 27.3. The Balaban J connectivity index is 2.25. The van der Waals surface area contributed by atoms with Gasteiger partial charge in [0.25, 0.3) is 0 Å². The largest absolute Gasteiger partial charge is 0.354 e. The number of carbonyl (C=O) groups is 2. The Labute approximate surface area is 173 Å². The van der Waals surface area contributed by atoms with Gasteiger partial charge in [0.2, 0.25) is 11.8 Å². The van der Waals surface area contributed by atoms with Gasteiger partial charge in [-0.05, 0) is 44.4 Å². The van der Waals surface area contributed by atoms with Gasteiger partial charge < -0.3 is 10.2 Å². The average Bonchev–Trinajstić information content (AvgIpc) is 2.69. The van der Waals surface area contributed by atoms with Crippen molar-refractivity contribution in [1.29, 1.82) is 0 Å². The zero-order chi connectivity index (χ0) is 21.4. The number of halogens is 1. The Morgan fingerprint density at radius 3 is 2.52 bits per heavy atom. The number of hydrogen-bond donors (Lipinski definition) is 1. The van der Waals surface area contributed by atoms with Crippen LogP contribution in [0, 0.1) is 19.7 Å². The maximum atomic E-state index is 14.2. The van der Waals surface area contributed by atoms with E-state index in [4.69, 9.17) is 0 Å². The van der Waals surface area contributed by atoms with Gasteiger partial charge in [-0.1, -0.05) is 55.3 Å². The quantitative estimate of drug-likeness (QED) is 0.640. The molecular weight excluding hydrogens is 367 g/mol. The number of hydrogen-bond acceptors (Lipinski definition) is 2. The van der Waals surface area contributed by atoms with Crippen molar-refractivity contribution in [3.63, 3.8) is 0 Å². The van der Waals surface area contributed by atoms with Crippen LogP contribution >= 0.6 is 0 Å². The second-order valence-corrected chi connectivity index (χ2v) is 7.54. The van der Waals surface area contributed by atoms with Crippen LogP contribution in [0.3, 0.4) is 0 Å². The summed E-state index contributed by atoms with van der Waals surface area (Å²) >= 11 is 0. The van der Waals surface area contributed by atoms with Crippen LogP contribution in [0.1, 0.15) is 48.9 Å². The highest BCUT2D eigenvalue weighted by atomic mass is 19.1. The van der Waals surface area contributed by atoms with Gasteiger partial charge in [0.15, 0.2) is 0 Å². The number of benzene rings is 2. The monoisotopic (exact) mass is 398 g/mol. The number of unbranched alkanes of at least 4 members (excludes halogenated alkanes) is 1. The fourth-order valence-electron chi connectivity index (χ4n) is 3.18. The third kappa shape index (κ3) is 6.41. The molecule has 1 N–H and O–H groups in total. The molecule has 2 amide bonds. The normalized spacial score (nSPS) is 11.8. The zero-order valence-electron chi connectivity index (χ0n) is 17.8. The van der Waals surface area contributed by atoms with Gasteiger partial charge in [-0.3, -0.25) is 9.59 Å². The Hall–Kier alpha value is -2.69. The van der Waals surface area contributed by atoms with Crippen molar-refractivity contribution >= 4 is 11.8 Å². The smallest absolute Gasteiger partial charge is 0.242 e. The van der Waals surface area contributed by atoms with Crippen LogP contribution in [0.5, 0.6) is 0 Å². The lowest BCUT2D eigenvalue weighted by atomic mass is 10.0. The third-order valence-corrected chi connectivity index (χ3v) is 5.14. The fraction of sp³-hybridized carbons (Fsp3) is 0.417. The molecule has 5 heteroatoms. The number of amides is 2. The van der Waals surface area contributed by atoms with E-state index in [9.17, 15) is 14.0 Å². The molecule has 1 atom stereocenters. The molecular formula is C24H31FN2O2. The van der Waals surface area contributed by atoms with Crippen molar-refractivity contribution in [2.24, 2.45) is 0 Å². The standard InChI is InChI=1S/C24H31FN2O2/c1-5-6-13-26-24(29)19(4)27(16-20-9-7-8-10-22(20)25)23(28)15-21-14-17(2)11-12-18(21)3/h7-12,14,19H,5-6,13,15-16H2,1-4H3,(H,26,29). The van der Waals surface area contributed by atoms with Gasteiger partial charge in [-0.15, -0.1) is 0 Å². The molecule has 29 heavy (non-hydrogen) atoms. The molecule has 0 radical (unpaired) electrons. The van der Waals surface area contributed by atoms with Crippen molar-refractivity contribution < 1.29 is 14.0 Å². The van der Waals surface area contributed by atoms with Crippen LogP contribution in [0.15, 0.2) is 42.5 Å². The van der Waals surface area contributed by atoms with E-state index in [0.717, 1.165) is 29.5 Å². The first-order valence-corrected chi connectivity index (χ1v) is 10.2. The summed E-state index contributed by atoms with van der Waals surface area (Å²) in [7, 11) is 0. The van der Waals surface area contributed by atoms with E-state index in [1.165, 1.54) is 11.0 Å². The predicted octanol–water partition coefficient (Wildman–Crippen LogP) is 4.32. The van der Waals surface area contributed by atoms with Crippen molar-refractivity contribution in [3.8, 4) is 0 Å². The Morgan fingerprint density at radius 2 is 1.83 bits per heavy atom. The maximum Gasteiger partial charge on any atom is 0.242 e. The molecule has 2 rings (SSSR count). The zero-order valence-corrected chi connectivity index (χ0v) is 17.8. The lowest BCUT2D eigenvalue weighted by molar-refractivity contribution is -0.140. The first kappa shape index (κ1) is 22.6. The second-order valence-electron chi connectivity index (χ2n) is 7.54. The van der Waals surface area contributed by atoms with Crippen LogP contribution in [-0.4, -0.2) is 29.3 Å². The first-order valence-electron chi connectivity index (χ1n) is 10.2. The Bertz CT molecular complexity index is 851. The van der Waals surface area contributed by atoms with Gasteiger partial charge in [0, 0.05) is 18.7 Å². The van der Waals surface area contributed by atoms with Gasteiger partial charge in [0.05, 0.1) is 6.42 Å². The van der Waals surface area contributed by atoms with Gasteiger partial charge >= 0.3 is 0 Å². The topological polar surface area (TPSA) is 49.4 Å². The van der Waals surface area contributed by atoms with Gasteiger partial charge in [-0.25, -0.2) is 4.39 Å². The Morgan fingerprint density at radius 1 is 1.10 bits per heavy atom. The van der Waals surface area contributed by atoms with Crippen LogP contribution in [0.2, 0.25) is 0 Å². The third-order valence-electron chi connectivity index (χ3n) is 5.14. The molecule has 0 aromatic heterocycles. The molecule has 0 fully saturated rings. The van der Waals surface area contributed by atoms with Crippen molar-refractivity contribution in [3.05, 3.63) is 70.5 Å². The molecule has 0 aliphatic rings. The van der Waals surface area contributed by atoms with E-state index in [2.05, 4.69) is 5.32 Å². The summed E-state index contributed by atoms with van der Waals surface area (Å²) in [6, 6.07) is 11.7. The molecule has 0 aliphatic carbocycles.